The van der Waals surface area contributed by atoms with Crippen LogP contribution in [0.25, 0.3) is 11.7 Å². The highest BCUT2D eigenvalue weighted by atomic mass is 35.5. The summed E-state index contributed by atoms with van der Waals surface area (Å²) in [5.41, 5.74) is 1.83. The standard InChI is InChI=1S/C24H25FN4O2S.2ClH/c25-19-4-1-2-5-20(19)31-13-12-28-10-8-17(9-11-28)15-27-24(30)21-14-18-16-26-22-6-3-7-23(32-21)29(18)22;;/h1-7,14,16-17H,8-13,15H2,(H,27,30);2*1H. The number of imidazole rings is 1. The van der Waals surface area contributed by atoms with Gasteiger partial charge in [0, 0.05) is 13.1 Å². The summed E-state index contributed by atoms with van der Waals surface area (Å²) in [6, 6.07) is 12.4. The van der Waals surface area contributed by atoms with Gasteiger partial charge in [0.15, 0.2) is 11.6 Å². The van der Waals surface area contributed by atoms with E-state index >= 15 is 0 Å². The molecule has 4 heterocycles. The van der Waals surface area contributed by atoms with Gasteiger partial charge in [-0.15, -0.1) is 24.8 Å². The van der Waals surface area contributed by atoms with Crippen molar-refractivity contribution in [3.05, 3.63) is 65.1 Å². The molecule has 3 aromatic rings. The molecule has 0 atom stereocenters. The lowest BCUT2D eigenvalue weighted by Crippen LogP contribution is -2.40. The number of hydrogen-bond donors (Lipinski definition) is 1. The van der Waals surface area contributed by atoms with Crippen molar-refractivity contribution >= 4 is 54.2 Å². The molecule has 0 unspecified atom stereocenters. The van der Waals surface area contributed by atoms with Crippen LogP contribution in [-0.2, 0) is 4.79 Å². The van der Waals surface area contributed by atoms with Crippen LogP contribution in [0.15, 0.2) is 58.6 Å². The lowest BCUT2D eigenvalue weighted by molar-refractivity contribution is -0.117. The summed E-state index contributed by atoms with van der Waals surface area (Å²) in [5, 5.41) is 4.13. The first kappa shape index (κ1) is 26.3. The maximum absolute atomic E-state index is 13.6. The van der Waals surface area contributed by atoms with Crippen molar-refractivity contribution in [2.45, 2.75) is 17.9 Å². The van der Waals surface area contributed by atoms with Gasteiger partial charge < -0.3 is 10.1 Å². The number of nitrogens with one attached hydrogen (secondary N) is 1. The van der Waals surface area contributed by atoms with Gasteiger partial charge in [0.2, 0.25) is 0 Å². The number of benzene rings is 1. The molecule has 6 nitrogen and oxygen atoms in total. The Labute approximate surface area is 214 Å². The van der Waals surface area contributed by atoms with E-state index in [0.29, 0.717) is 29.7 Å². The lowest BCUT2D eigenvalue weighted by atomic mass is 9.97. The Balaban J connectivity index is 0.00000162. The molecule has 1 fully saturated rings. The third kappa shape index (κ3) is 5.86. The molecule has 0 bridgehead atoms. The smallest absolute Gasteiger partial charge is 0.258 e. The van der Waals surface area contributed by atoms with Crippen LogP contribution in [0.4, 0.5) is 4.39 Å². The van der Waals surface area contributed by atoms with Gasteiger partial charge >= 0.3 is 0 Å². The summed E-state index contributed by atoms with van der Waals surface area (Å²) < 4.78 is 21.2. The van der Waals surface area contributed by atoms with E-state index in [2.05, 4.69) is 19.6 Å². The zero-order valence-corrected chi connectivity index (χ0v) is 20.9. The van der Waals surface area contributed by atoms with E-state index in [1.165, 1.54) is 17.8 Å². The number of ether oxygens (including phenoxy) is 1. The van der Waals surface area contributed by atoms with Gasteiger partial charge in [-0.25, -0.2) is 9.37 Å². The molecule has 1 N–H and O–H groups in total. The summed E-state index contributed by atoms with van der Waals surface area (Å²) in [6.45, 7) is 3.84. The minimum atomic E-state index is -0.325. The number of para-hydroxylation sites is 1. The molecule has 10 heteroatoms. The normalized spacial score (nSPS) is 15.7. The summed E-state index contributed by atoms with van der Waals surface area (Å²) in [6.07, 6.45) is 5.76. The van der Waals surface area contributed by atoms with Gasteiger partial charge in [-0.05, 0) is 62.2 Å². The van der Waals surface area contributed by atoms with Gasteiger partial charge in [0.05, 0.1) is 21.8 Å². The molecule has 2 aliphatic heterocycles. The first-order valence-electron chi connectivity index (χ1n) is 10.9. The Morgan fingerprint density at radius 3 is 2.74 bits per heavy atom. The fourth-order valence-corrected chi connectivity index (χ4v) is 5.19. The van der Waals surface area contributed by atoms with E-state index < -0.39 is 0 Å². The highest BCUT2D eigenvalue weighted by Gasteiger charge is 2.23. The Morgan fingerprint density at radius 1 is 1.15 bits per heavy atom. The number of carbonyl (C=O) groups excluding carboxylic acids is 1. The van der Waals surface area contributed by atoms with Crippen molar-refractivity contribution in [1.29, 1.82) is 0 Å². The van der Waals surface area contributed by atoms with E-state index in [0.717, 1.165) is 48.8 Å². The first-order chi connectivity index (χ1) is 15.7. The maximum atomic E-state index is 13.6. The van der Waals surface area contributed by atoms with Crippen molar-refractivity contribution in [2.75, 3.05) is 32.8 Å². The monoisotopic (exact) mass is 524 g/mol. The number of amides is 1. The Kier molecular flexibility index (Phi) is 9.24. The number of nitrogens with zero attached hydrogens (tertiary/aromatic N) is 3. The van der Waals surface area contributed by atoms with Gasteiger partial charge in [0.1, 0.15) is 12.3 Å². The average molecular weight is 525 g/mol. The molecule has 5 rings (SSSR count). The number of hydrogen-bond acceptors (Lipinski definition) is 5. The molecule has 0 aliphatic carbocycles. The van der Waals surface area contributed by atoms with E-state index in [1.54, 1.807) is 24.4 Å². The third-order valence-electron chi connectivity index (χ3n) is 6.00. The van der Waals surface area contributed by atoms with Gasteiger partial charge in [-0.2, -0.15) is 0 Å². The number of likely N-dealkylation sites (tertiary alicyclic amines) is 1. The third-order valence-corrected chi connectivity index (χ3v) is 7.05. The summed E-state index contributed by atoms with van der Waals surface area (Å²) >= 11 is 1.48. The van der Waals surface area contributed by atoms with Crippen molar-refractivity contribution < 1.29 is 13.9 Å². The summed E-state index contributed by atoms with van der Waals surface area (Å²) in [5.74, 6) is 0.416. The fourth-order valence-electron chi connectivity index (χ4n) is 4.18. The molecule has 0 spiro atoms. The zero-order chi connectivity index (χ0) is 21.9. The highest BCUT2D eigenvalue weighted by molar-refractivity contribution is 8.04. The van der Waals surface area contributed by atoms with Crippen LogP contribution in [0.2, 0.25) is 0 Å². The average Bonchev–Trinajstić information content (AvgIpc) is 3.24. The van der Waals surface area contributed by atoms with Crippen molar-refractivity contribution in [1.82, 2.24) is 19.6 Å². The van der Waals surface area contributed by atoms with Crippen LogP contribution in [0.3, 0.4) is 0 Å². The molecule has 1 saturated heterocycles. The molecule has 34 heavy (non-hydrogen) atoms. The molecule has 2 aromatic heterocycles. The molecule has 182 valence electrons. The SMILES string of the molecule is Cl.Cl.O=C(NCC1CCN(CCOc2ccccc2F)CC1)C1=Cc2cnc3cccc(n23)S1. The van der Waals surface area contributed by atoms with E-state index in [9.17, 15) is 9.18 Å². The highest BCUT2D eigenvalue weighted by Crippen LogP contribution is 2.34. The van der Waals surface area contributed by atoms with Crippen LogP contribution in [0.1, 0.15) is 18.5 Å². The molecule has 0 saturated carbocycles. The van der Waals surface area contributed by atoms with E-state index in [1.807, 2.05) is 24.3 Å². The van der Waals surface area contributed by atoms with Gasteiger partial charge in [-0.1, -0.05) is 30.0 Å². The van der Waals surface area contributed by atoms with Crippen LogP contribution < -0.4 is 10.1 Å². The lowest BCUT2D eigenvalue weighted by Gasteiger charge is -2.32. The number of piperidine rings is 1. The fraction of sp³-hybridized carbons (Fsp3) is 0.333. The second-order valence-electron chi connectivity index (χ2n) is 8.13. The predicted molar refractivity (Wildman–Crippen MR) is 138 cm³/mol. The minimum Gasteiger partial charge on any atom is -0.489 e. The zero-order valence-electron chi connectivity index (χ0n) is 18.5. The Bertz CT molecular complexity index is 1160. The van der Waals surface area contributed by atoms with Crippen molar-refractivity contribution in [3.63, 3.8) is 0 Å². The summed E-state index contributed by atoms with van der Waals surface area (Å²) in [7, 11) is 0. The number of thioether (sulfide) groups is 1. The first-order valence-corrected chi connectivity index (χ1v) is 11.7. The second-order valence-corrected chi connectivity index (χ2v) is 9.19. The molecular weight excluding hydrogens is 498 g/mol. The Morgan fingerprint density at radius 2 is 1.94 bits per heavy atom. The molecule has 1 aromatic carbocycles. The Hall–Kier alpha value is -2.26. The van der Waals surface area contributed by atoms with Crippen LogP contribution in [-0.4, -0.2) is 53.0 Å². The van der Waals surface area contributed by atoms with Crippen LogP contribution in [0, 0.1) is 11.7 Å². The van der Waals surface area contributed by atoms with Crippen LogP contribution >= 0.6 is 36.6 Å². The number of pyridine rings is 1. The van der Waals surface area contributed by atoms with E-state index in [4.69, 9.17) is 4.74 Å². The number of carbonyl (C=O) groups is 1. The molecule has 1 amide bonds. The van der Waals surface area contributed by atoms with E-state index in [-0.39, 0.29) is 36.5 Å². The van der Waals surface area contributed by atoms with Gasteiger partial charge in [-0.3, -0.25) is 14.1 Å². The quantitative estimate of drug-likeness (QED) is 0.486. The molecule has 2 aliphatic rings. The maximum Gasteiger partial charge on any atom is 0.258 e. The van der Waals surface area contributed by atoms with Crippen molar-refractivity contribution in [2.24, 2.45) is 5.92 Å². The largest absolute Gasteiger partial charge is 0.489 e. The predicted octanol–water partition coefficient (Wildman–Crippen LogP) is 4.67. The minimum absolute atomic E-state index is 0. The number of halogens is 3. The van der Waals surface area contributed by atoms with Gasteiger partial charge in [0.25, 0.3) is 5.91 Å². The molecular formula is C24H27Cl2FN4O2S. The topological polar surface area (TPSA) is 58.9 Å². The van der Waals surface area contributed by atoms with Crippen molar-refractivity contribution in [3.8, 4) is 5.75 Å². The molecule has 0 radical (unpaired) electrons. The number of rotatable bonds is 7. The summed E-state index contributed by atoms with van der Waals surface area (Å²) in [4.78, 5) is 20.2. The van der Waals surface area contributed by atoms with Crippen LogP contribution in [0.5, 0.6) is 5.75 Å². The number of aromatic nitrogens is 2. The second kappa shape index (κ2) is 11.9.